The zero-order chi connectivity index (χ0) is 43.0. The first kappa shape index (κ1) is 43.6. The maximum absolute atomic E-state index is 14.1. The third kappa shape index (κ3) is 7.68. The third-order valence-electron chi connectivity index (χ3n) is 14.2. The number of ketones is 1. The molecule has 0 aliphatic heterocycles. The largest absolute Gasteiger partial charge is 0.497 e. The standard InChI is InChI=1S/C48H58O11/c1-30(2)31(3)25-43(52)58-40-29-39-44(5)21-20-38(57-41(50)17-15-33-11-9-13-36(26-33)55-7)28-35(44)19-22-46(39,53)48(54)24-23-47(32(4)49,45(40,48)6)59-42(51)18-16-34-12-10-14-37(27-34)56-8/h9-19,25-27,30,38-40,53-54H,20-24,28-29H2,1-8H3/b17-15+,18-16+,31-25+/t38-,39?,40+,44-,45+,46-,47+,48+/m0/s1. The Balaban J connectivity index is 1.33. The predicted molar refractivity (Wildman–Crippen MR) is 222 cm³/mol. The number of Topliss-reactive ketones (excluding diaryl/α,β-unsaturated/α-hetero) is 1. The van der Waals surface area contributed by atoms with Gasteiger partial charge in [0, 0.05) is 30.6 Å². The number of ether oxygens (including phenoxy) is 5. The van der Waals surface area contributed by atoms with E-state index in [2.05, 4.69) is 0 Å². The number of carbonyl (C=O) groups excluding carboxylic acids is 4. The van der Waals surface area contributed by atoms with E-state index in [9.17, 15) is 29.4 Å². The average Bonchev–Trinajstić information content (AvgIpc) is 3.45. The van der Waals surface area contributed by atoms with Gasteiger partial charge in [0.15, 0.2) is 11.4 Å². The van der Waals surface area contributed by atoms with Gasteiger partial charge in [0.1, 0.15) is 34.9 Å². The quantitative estimate of drug-likeness (QED) is 0.0947. The van der Waals surface area contributed by atoms with Crippen LogP contribution in [0.5, 0.6) is 11.5 Å². The van der Waals surface area contributed by atoms with Crippen LogP contribution in [-0.2, 0) is 33.4 Å². The van der Waals surface area contributed by atoms with Crippen LogP contribution in [0.3, 0.4) is 0 Å². The summed E-state index contributed by atoms with van der Waals surface area (Å²) in [5, 5.41) is 26.4. The highest BCUT2D eigenvalue weighted by Gasteiger charge is 2.83. The second-order valence-corrected chi connectivity index (χ2v) is 17.4. The molecule has 2 N–H and O–H groups in total. The van der Waals surface area contributed by atoms with Gasteiger partial charge in [-0.25, -0.2) is 14.4 Å². The van der Waals surface area contributed by atoms with Crippen molar-refractivity contribution in [3.63, 3.8) is 0 Å². The highest BCUT2D eigenvalue weighted by atomic mass is 16.6. The Bertz CT molecular complexity index is 2100. The third-order valence-corrected chi connectivity index (χ3v) is 14.2. The molecule has 0 radical (unpaired) electrons. The number of hydrogen-bond acceptors (Lipinski definition) is 11. The van der Waals surface area contributed by atoms with Crippen LogP contribution in [0.2, 0.25) is 0 Å². The molecule has 316 valence electrons. The maximum Gasteiger partial charge on any atom is 0.331 e. The molecular formula is C48H58O11. The van der Waals surface area contributed by atoms with E-state index < -0.39 is 69.5 Å². The van der Waals surface area contributed by atoms with E-state index >= 15 is 0 Å². The van der Waals surface area contributed by atoms with E-state index in [1.54, 1.807) is 50.5 Å². The normalized spacial score (nSPS) is 32.8. The van der Waals surface area contributed by atoms with Crippen molar-refractivity contribution in [2.24, 2.45) is 22.7 Å². The zero-order valence-corrected chi connectivity index (χ0v) is 35.4. The van der Waals surface area contributed by atoms with Gasteiger partial charge >= 0.3 is 17.9 Å². The van der Waals surface area contributed by atoms with Crippen LogP contribution in [0, 0.1) is 22.7 Å². The molecule has 6 rings (SSSR count). The van der Waals surface area contributed by atoms with Crippen molar-refractivity contribution in [3.8, 4) is 11.5 Å². The molecule has 11 nitrogen and oxygen atoms in total. The molecule has 2 aromatic rings. The molecule has 3 fully saturated rings. The topological polar surface area (TPSA) is 155 Å². The lowest BCUT2D eigenvalue weighted by Gasteiger charge is -2.67. The molecule has 0 heterocycles. The molecule has 4 aliphatic carbocycles. The summed E-state index contributed by atoms with van der Waals surface area (Å²) in [7, 11) is 3.12. The van der Waals surface area contributed by atoms with E-state index in [0.717, 1.165) is 16.7 Å². The first-order valence-electron chi connectivity index (χ1n) is 20.5. The van der Waals surface area contributed by atoms with Gasteiger partial charge in [-0.15, -0.1) is 0 Å². The van der Waals surface area contributed by atoms with Crippen molar-refractivity contribution < 1.29 is 53.1 Å². The summed E-state index contributed by atoms with van der Waals surface area (Å²) in [5.41, 5.74) is -5.08. The Morgan fingerprint density at radius 3 is 2.00 bits per heavy atom. The van der Waals surface area contributed by atoms with Crippen LogP contribution in [-0.4, -0.2) is 77.1 Å². The van der Waals surface area contributed by atoms with E-state index in [0.29, 0.717) is 36.3 Å². The van der Waals surface area contributed by atoms with Crippen LogP contribution >= 0.6 is 0 Å². The Morgan fingerprint density at radius 1 is 0.814 bits per heavy atom. The zero-order valence-electron chi connectivity index (χ0n) is 35.4. The van der Waals surface area contributed by atoms with Crippen molar-refractivity contribution in [3.05, 3.63) is 95.1 Å². The molecule has 11 heteroatoms. The Labute approximate surface area is 347 Å². The number of rotatable bonds is 12. The average molecular weight is 811 g/mol. The van der Waals surface area contributed by atoms with Crippen molar-refractivity contribution in [2.45, 2.75) is 115 Å². The van der Waals surface area contributed by atoms with Gasteiger partial charge in [-0.1, -0.05) is 62.3 Å². The molecule has 2 aromatic carbocycles. The lowest BCUT2D eigenvalue weighted by atomic mass is 9.42. The molecule has 3 saturated carbocycles. The van der Waals surface area contributed by atoms with Crippen molar-refractivity contribution >= 4 is 35.8 Å². The summed E-state index contributed by atoms with van der Waals surface area (Å²) in [6.07, 6.45) is 8.91. The number of aliphatic hydroxyl groups is 2. The van der Waals surface area contributed by atoms with Crippen LogP contribution in [0.4, 0.5) is 0 Å². The van der Waals surface area contributed by atoms with Crippen molar-refractivity contribution in [1.82, 2.24) is 0 Å². The smallest absolute Gasteiger partial charge is 0.331 e. The van der Waals surface area contributed by atoms with E-state index in [1.807, 2.05) is 58.0 Å². The summed E-state index contributed by atoms with van der Waals surface area (Å²) in [6.45, 7) is 10.7. The fraction of sp³-hybridized carbons (Fsp3) is 0.500. The lowest BCUT2D eigenvalue weighted by Crippen LogP contribution is -2.78. The second-order valence-electron chi connectivity index (χ2n) is 17.4. The van der Waals surface area contributed by atoms with Gasteiger partial charge in [0.25, 0.3) is 0 Å². The molecule has 8 atom stereocenters. The predicted octanol–water partition coefficient (Wildman–Crippen LogP) is 7.53. The molecule has 4 aliphatic rings. The highest BCUT2D eigenvalue weighted by molar-refractivity contribution is 5.94. The number of fused-ring (bicyclic) bond motifs is 5. The first-order valence-corrected chi connectivity index (χ1v) is 20.5. The summed E-state index contributed by atoms with van der Waals surface area (Å²) < 4.78 is 29.1. The second kappa shape index (κ2) is 16.6. The number of hydrogen-bond donors (Lipinski definition) is 2. The van der Waals surface area contributed by atoms with Crippen LogP contribution in [0.25, 0.3) is 12.2 Å². The molecule has 0 aromatic heterocycles. The van der Waals surface area contributed by atoms with Crippen molar-refractivity contribution in [1.29, 1.82) is 0 Å². The monoisotopic (exact) mass is 810 g/mol. The van der Waals surface area contributed by atoms with Gasteiger partial charge in [0.05, 0.1) is 19.6 Å². The van der Waals surface area contributed by atoms with Gasteiger partial charge in [-0.05, 0) is 118 Å². The molecular weight excluding hydrogens is 753 g/mol. The molecule has 0 saturated heterocycles. The maximum atomic E-state index is 14.1. The molecule has 0 amide bonds. The Hall–Kier alpha value is -5.00. The SMILES string of the molecule is COc1cccc(/C=C/C(=O)O[C@H]2CC[C@@]3(C)C(=CC[C@]4(O)C3C[C@@H](OC(=O)/C=C(\C)C(C)C)[C@@]3(C)[C@]4(O)CC[C@@]3(OC(=O)/C=C/c3cccc(OC)c3)C(C)=O)C2)c1. The molecule has 0 spiro atoms. The summed E-state index contributed by atoms with van der Waals surface area (Å²) in [4.78, 5) is 54.6. The fourth-order valence-electron chi connectivity index (χ4n) is 10.4. The summed E-state index contributed by atoms with van der Waals surface area (Å²) in [6, 6.07) is 14.4. The minimum Gasteiger partial charge on any atom is -0.497 e. The van der Waals surface area contributed by atoms with E-state index in [1.165, 1.54) is 32.3 Å². The number of benzene rings is 2. The van der Waals surface area contributed by atoms with E-state index in [-0.39, 0.29) is 31.6 Å². The number of carbonyl (C=O) groups is 4. The van der Waals surface area contributed by atoms with Crippen LogP contribution in [0.1, 0.15) is 97.6 Å². The number of allylic oxidation sites excluding steroid dienone is 1. The minimum absolute atomic E-state index is 0.0236. The summed E-state index contributed by atoms with van der Waals surface area (Å²) in [5.74, 6) is -1.81. The summed E-state index contributed by atoms with van der Waals surface area (Å²) >= 11 is 0. The number of esters is 3. The lowest BCUT2D eigenvalue weighted by molar-refractivity contribution is -0.315. The first-order chi connectivity index (χ1) is 27.9. The minimum atomic E-state index is -2.05. The number of methoxy groups -OCH3 is 2. The van der Waals surface area contributed by atoms with Gasteiger partial charge in [-0.2, -0.15) is 0 Å². The molecule has 1 unspecified atom stereocenters. The van der Waals surface area contributed by atoms with Crippen molar-refractivity contribution in [2.75, 3.05) is 14.2 Å². The Morgan fingerprint density at radius 2 is 1.42 bits per heavy atom. The molecule has 59 heavy (non-hydrogen) atoms. The van der Waals surface area contributed by atoms with Gasteiger partial charge in [-0.3, -0.25) is 4.79 Å². The van der Waals surface area contributed by atoms with Gasteiger partial charge in [0.2, 0.25) is 0 Å². The Kier molecular flexibility index (Phi) is 12.2. The fourth-order valence-corrected chi connectivity index (χ4v) is 10.4. The van der Waals surface area contributed by atoms with Gasteiger partial charge < -0.3 is 33.9 Å². The van der Waals surface area contributed by atoms with Crippen LogP contribution < -0.4 is 9.47 Å². The molecule has 0 bridgehead atoms. The highest BCUT2D eigenvalue weighted by Crippen LogP contribution is 2.71. The van der Waals surface area contributed by atoms with Crippen LogP contribution in [0.15, 0.2) is 84.0 Å². The van der Waals surface area contributed by atoms with E-state index in [4.69, 9.17) is 23.7 Å².